The van der Waals surface area contributed by atoms with Gasteiger partial charge in [0.1, 0.15) is 12.6 Å². The number of amides is 2. The van der Waals surface area contributed by atoms with Crippen LogP contribution in [0.15, 0.2) is 60.7 Å². The van der Waals surface area contributed by atoms with Crippen LogP contribution in [0.25, 0.3) is 0 Å². The van der Waals surface area contributed by atoms with Crippen molar-refractivity contribution >= 4 is 23.9 Å². The average molecular weight is 428 g/mol. The number of aliphatic carboxylic acids is 1. The molecule has 3 N–H and O–H groups in total. The van der Waals surface area contributed by atoms with Crippen LogP contribution in [0.5, 0.6) is 0 Å². The molecule has 0 saturated carbocycles. The van der Waals surface area contributed by atoms with E-state index < -0.39 is 42.4 Å². The molecule has 2 aromatic rings. The van der Waals surface area contributed by atoms with Crippen LogP contribution in [0.4, 0.5) is 4.79 Å². The molecule has 0 unspecified atom stereocenters. The first kappa shape index (κ1) is 23.6. The van der Waals surface area contributed by atoms with Gasteiger partial charge in [-0.2, -0.15) is 0 Å². The van der Waals surface area contributed by atoms with Gasteiger partial charge in [0.25, 0.3) is 0 Å². The number of nitrogens with zero attached hydrogens (tertiary/aromatic N) is 1. The molecule has 0 bridgehead atoms. The van der Waals surface area contributed by atoms with E-state index in [4.69, 9.17) is 20.3 Å². The number of ether oxygens (including phenoxy) is 2. The maximum atomic E-state index is 12.9. The fourth-order valence-corrected chi connectivity index (χ4v) is 2.87. The summed E-state index contributed by atoms with van der Waals surface area (Å²) in [4.78, 5) is 49.9. The highest BCUT2D eigenvalue weighted by molar-refractivity contribution is 6.00. The van der Waals surface area contributed by atoms with E-state index in [1.807, 2.05) is 0 Å². The second kappa shape index (κ2) is 11.5. The monoisotopic (exact) mass is 428 g/mol. The van der Waals surface area contributed by atoms with Crippen molar-refractivity contribution in [1.82, 2.24) is 4.90 Å². The van der Waals surface area contributed by atoms with E-state index in [0.717, 1.165) is 7.11 Å². The van der Waals surface area contributed by atoms with Crippen LogP contribution in [-0.4, -0.2) is 53.1 Å². The molecule has 2 atom stereocenters. The number of esters is 1. The molecule has 0 saturated heterocycles. The molecule has 0 spiro atoms. The SMILES string of the molecule is COC(=O)[C@H](Cc1ccccc1)N(C(=O)OCc1ccccc1)C(=O)[C@@H](N)CC(=O)O. The molecule has 0 fully saturated rings. The Morgan fingerprint density at radius 1 is 0.968 bits per heavy atom. The van der Waals surface area contributed by atoms with Crippen molar-refractivity contribution < 1.29 is 33.8 Å². The second-order valence-corrected chi connectivity index (χ2v) is 6.68. The van der Waals surface area contributed by atoms with Gasteiger partial charge in [-0.3, -0.25) is 9.59 Å². The van der Waals surface area contributed by atoms with Crippen LogP contribution in [0, 0.1) is 0 Å². The second-order valence-electron chi connectivity index (χ2n) is 6.68. The van der Waals surface area contributed by atoms with E-state index in [9.17, 15) is 19.2 Å². The number of benzene rings is 2. The lowest BCUT2D eigenvalue weighted by atomic mass is 10.0. The molecular weight excluding hydrogens is 404 g/mol. The summed E-state index contributed by atoms with van der Waals surface area (Å²) in [6, 6.07) is 14.5. The lowest BCUT2D eigenvalue weighted by Crippen LogP contribution is -2.55. The predicted octanol–water partition coefficient (Wildman–Crippen LogP) is 1.74. The molecule has 0 aromatic heterocycles. The Hall–Kier alpha value is -3.72. The topological polar surface area (TPSA) is 136 Å². The zero-order valence-corrected chi connectivity index (χ0v) is 17.0. The lowest BCUT2D eigenvalue weighted by Gasteiger charge is -2.29. The van der Waals surface area contributed by atoms with Gasteiger partial charge in [-0.05, 0) is 11.1 Å². The molecule has 9 nitrogen and oxygen atoms in total. The minimum Gasteiger partial charge on any atom is -0.481 e. The highest BCUT2D eigenvalue weighted by Crippen LogP contribution is 2.16. The van der Waals surface area contributed by atoms with Gasteiger partial charge in [0.15, 0.2) is 0 Å². The van der Waals surface area contributed by atoms with Crippen LogP contribution in [0.3, 0.4) is 0 Å². The fraction of sp³-hybridized carbons (Fsp3) is 0.273. The Labute approximate surface area is 179 Å². The normalized spacial score (nSPS) is 12.3. The van der Waals surface area contributed by atoms with E-state index in [1.54, 1.807) is 60.7 Å². The Morgan fingerprint density at radius 3 is 2.03 bits per heavy atom. The van der Waals surface area contributed by atoms with Crippen molar-refractivity contribution in [1.29, 1.82) is 0 Å². The first-order valence-corrected chi connectivity index (χ1v) is 9.46. The third-order valence-corrected chi connectivity index (χ3v) is 4.41. The van der Waals surface area contributed by atoms with Gasteiger partial charge >= 0.3 is 18.0 Å². The van der Waals surface area contributed by atoms with Crippen LogP contribution >= 0.6 is 0 Å². The summed E-state index contributed by atoms with van der Waals surface area (Å²) in [7, 11) is 1.12. The van der Waals surface area contributed by atoms with Crippen molar-refractivity contribution in [2.75, 3.05) is 7.11 Å². The van der Waals surface area contributed by atoms with E-state index in [1.165, 1.54) is 0 Å². The summed E-state index contributed by atoms with van der Waals surface area (Å²) in [6.07, 6.45) is -1.90. The molecule has 9 heteroatoms. The van der Waals surface area contributed by atoms with Gasteiger partial charge in [0.2, 0.25) is 5.91 Å². The minimum atomic E-state index is -1.55. The first-order chi connectivity index (χ1) is 14.8. The number of carbonyl (C=O) groups is 4. The van der Waals surface area contributed by atoms with Crippen LogP contribution < -0.4 is 5.73 Å². The summed E-state index contributed by atoms with van der Waals surface area (Å²) in [5, 5.41) is 8.98. The van der Waals surface area contributed by atoms with Crippen molar-refractivity contribution in [3.8, 4) is 0 Å². The quantitative estimate of drug-likeness (QED) is 0.577. The number of imide groups is 1. The number of carbonyl (C=O) groups excluding carboxylic acids is 3. The maximum Gasteiger partial charge on any atom is 0.417 e. The zero-order valence-electron chi connectivity index (χ0n) is 17.0. The van der Waals surface area contributed by atoms with E-state index in [2.05, 4.69) is 0 Å². The fourth-order valence-electron chi connectivity index (χ4n) is 2.87. The zero-order chi connectivity index (χ0) is 22.8. The molecule has 2 rings (SSSR count). The van der Waals surface area contributed by atoms with Gasteiger partial charge in [-0.1, -0.05) is 60.7 Å². The molecule has 2 amide bonds. The van der Waals surface area contributed by atoms with E-state index in [-0.39, 0.29) is 13.0 Å². The third-order valence-electron chi connectivity index (χ3n) is 4.41. The number of carboxylic acids is 1. The summed E-state index contributed by atoms with van der Waals surface area (Å²) in [5.41, 5.74) is 7.02. The van der Waals surface area contributed by atoms with Crippen LogP contribution in [0.1, 0.15) is 17.5 Å². The third kappa shape index (κ3) is 6.93. The summed E-state index contributed by atoms with van der Waals surface area (Å²) in [6.45, 7) is -0.156. The number of rotatable bonds is 9. The van der Waals surface area contributed by atoms with Crippen LogP contribution in [-0.2, 0) is 36.9 Å². The Morgan fingerprint density at radius 2 is 1.52 bits per heavy atom. The van der Waals surface area contributed by atoms with Crippen molar-refractivity contribution in [2.24, 2.45) is 5.73 Å². The van der Waals surface area contributed by atoms with E-state index in [0.29, 0.717) is 16.0 Å². The Bertz CT molecular complexity index is 903. The molecule has 31 heavy (non-hydrogen) atoms. The molecule has 0 aliphatic heterocycles. The maximum absolute atomic E-state index is 12.9. The van der Waals surface area contributed by atoms with Crippen molar-refractivity contribution in [3.05, 3.63) is 71.8 Å². The molecule has 0 aliphatic carbocycles. The molecule has 0 aliphatic rings. The van der Waals surface area contributed by atoms with Crippen molar-refractivity contribution in [2.45, 2.75) is 31.5 Å². The van der Waals surface area contributed by atoms with Gasteiger partial charge in [0, 0.05) is 6.42 Å². The van der Waals surface area contributed by atoms with Gasteiger partial charge in [0.05, 0.1) is 19.6 Å². The standard InChI is InChI=1S/C22H24N2O7/c1-30-21(28)18(12-15-8-4-2-5-9-15)24(20(27)17(23)13-19(25)26)22(29)31-14-16-10-6-3-7-11-16/h2-11,17-18H,12-14,23H2,1H3,(H,25,26)/t17-,18-/m0/s1. The molecule has 0 radical (unpaired) electrons. The number of hydrogen-bond acceptors (Lipinski definition) is 7. The molecule has 2 aromatic carbocycles. The number of methoxy groups -OCH3 is 1. The van der Waals surface area contributed by atoms with Gasteiger partial charge < -0.3 is 20.3 Å². The largest absolute Gasteiger partial charge is 0.481 e. The Balaban J connectivity index is 2.33. The van der Waals surface area contributed by atoms with Crippen LogP contribution in [0.2, 0.25) is 0 Å². The predicted molar refractivity (Wildman–Crippen MR) is 110 cm³/mol. The summed E-state index contributed by atoms with van der Waals surface area (Å²) < 4.78 is 10.0. The number of carboxylic acid groups (broad SMARTS) is 1. The smallest absolute Gasteiger partial charge is 0.417 e. The first-order valence-electron chi connectivity index (χ1n) is 9.46. The lowest BCUT2D eigenvalue weighted by molar-refractivity contribution is -0.152. The van der Waals surface area contributed by atoms with E-state index >= 15 is 0 Å². The van der Waals surface area contributed by atoms with Crippen molar-refractivity contribution in [3.63, 3.8) is 0 Å². The molecular formula is C22H24N2O7. The van der Waals surface area contributed by atoms with Gasteiger partial charge in [-0.25, -0.2) is 14.5 Å². The number of nitrogens with two attached hydrogens (primary N) is 1. The summed E-state index contributed by atoms with van der Waals surface area (Å²) in [5.74, 6) is -3.24. The highest BCUT2D eigenvalue weighted by Gasteiger charge is 2.39. The minimum absolute atomic E-state index is 0.0561. The highest BCUT2D eigenvalue weighted by atomic mass is 16.6. The molecule has 164 valence electrons. The Kier molecular flexibility index (Phi) is 8.71. The average Bonchev–Trinajstić information content (AvgIpc) is 2.77. The van der Waals surface area contributed by atoms with Gasteiger partial charge in [-0.15, -0.1) is 0 Å². The summed E-state index contributed by atoms with van der Waals surface area (Å²) >= 11 is 0. The molecule has 0 heterocycles. The number of hydrogen-bond donors (Lipinski definition) is 2.